The third-order valence-electron chi connectivity index (χ3n) is 3.30. The Kier molecular flexibility index (Phi) is 4.34. The number of rotatable bonds is 3. The summed E-state index contributed by atoms with van der Waals surface area (Å²) in [7, 11) is 0. The average molecular weight is 298 g/mol. The van der Waals surface area contributed by atoms with Gasteiger partial charge in [-0.2, -0.15) is 0 Å². The number of nitro benzene ring substituents is 1. The van der Waals surface area contributed by atoms with Crippen molar-refractivity contribution < 1.29 is 18.8 Å². The fourth-order valence-corrected chi connectivity index (χ4v) is 2.18. The van der Waals surface area contributed by atoms with Crippen LogP contribution in [0.5, 0.6) is 0 Å². The van der Waals surface area contributed by atoms with E-state index >= 15 is 0 Å². The molecule has 0 saturated carbocycles. The number of carbonyl (C=O) groups excluding carboxylic acids is 1. The average Bonchev–Trinajstić information content (AvgIpc) is 2.46. The van der Waals surface area contributed by atoms with Crippen molar-refractivity contribution in [2.75, 3.05) is 25.2 Å². The molecule has 0 radical (unpaired) electrons. The molecule has 1 fully saturated rings. The minimum absolute atomic E-state index is 0.176. The van der Waals surface area contributed by atoms with Crippen molar-refractivity contribution in [3.63, 3.8) is 0 Å². The molecule has 1 amide bonds. The maximum atomic E-state index is 13.6. The van der Waals surface area contributed by atoms with Crippen molar-refractivity contribution >= 4 is 17.3 Å². The van der Waals surface area contributed by atoms with Crippen LogP contribution < -0.4 is 11.3 Å². The smallest absolute Gasteiger partial charge is 0.285 e. The highest BCUT2D eigenvalue weighted by molar-refractivity contribution is 5.99. The van der Waals surface area contributed by atoms with Crippen LogP contribution in [0.1, 0.15) is 17.3 Å². The van der Waals surface area contributed by atoms with Gasteiger partial charge in [0.15, 0.2) is 5.82 Å². The topological polar surface area (TPSA) is 111 Å². The number of hydrogen-bond donors (Lipinski definition) is 2. The van der Waals surface area contributed by atoms with Gasteiger partial charge in [0, 0.05) is 6.54 Å². The van der Waals surface area contributed by atoms with Gasteiger partial charge in [0.1, 0.15) is 5.56 Å². The lowest BCUT2D eigenvalue weighted by Crippen LogP contribution is -2.47. The number of hydrogen-bond acceptors (Lipinski definition) is 6. The fraction of sp³-hybridized carbons (Fsp3) is 0.417. The molecule has 0 spiro atoms. The van der Waals surface area contributed by atoms with Gasteiger partial charge in [0.05, 0.1) is 35.9 Å². The molecule has 1 aromatic rings. The van der Waals surface area contributed by atoms with E-state index in [1.807, 2.05) is 0 Å². The number of amides is 1. The van der Waals surface area contributed by atoms with Gasteiger partial charge in [-0.15, -0.1) is 0 Å². The van der Waals surface area contributed by atoms with Crippen LogP contribution in [0.2, 0.25) is 0 Å². The van der Waals surface area contributed by atoms with Gasteiger partial charge in [0.25, 0.3) is 11.6 Å². The van der Waals surface area contributed by atoms with Crippen molar-refractivity contribution in [3.05, 3.63) is 33.6 Å². The molecule has 9 heteroatoms. The molecule has 0 aromatic heterocycles. The van der Waals surface area contributed by atoms with Crippen molar-refractivity contribution in [2.45, 2.75) is 13.0 Å². The number of ether oxygens (including phenoxy) is 1. The van der Waals surface area contributed by atoms with Gasteiger partial charge in [-0.3, -0.25) is 20.8 Å². The predicted octanol–water partition coefficient (Wildman–Crippen LogP) is 0.880. The first kappa shape index (κ1) is 15.1. The Morgan fingerprint density at radius 2 is 2.33 bits per heavy atom. The SMILES string of the molecule is CC1COCCN1C(=O)c1cc(NN)c(F)cc1[N+](=O)[O-]. The minimum Gasteiger partial charge on any atom is -0.377 e. The highest BCUT2D eigenvalue weighted by atomic mass is 19.1. The molecule has 1 aliphatic heterocycles. The van der Waals surface area contributed by atoms with Crippen molar-refractivity contribution in [2.24, 2.45) is 5.84 Å². The van der Waals surface area contributed by atoms with Crippen LogP contribution in [-0.4, -0.2) is 41.5 Å². The second-order valence-corrected chi connectivity index (χ2v) is 4.67. The Hall–Kier alpha value is -2.26. The summed E-state index contributed by atoms with van der Waals surface area (Å²) >= 11 is 0. The summed E-state index contributed by atoms with van der Waals surface area (Å²) in [4.78, 5) is 24.2. The molecular weight excluding hydrogens is 283 g/mol. The van der Waals surface area contributed by atoms with E-state index in [1.165, 1.54) is 4.90 Å². The fourth-order valence-electron chi connectivity index (χ4n) is 2.18. The van der Waals surface area contributed by atoms with E-state index in [1.54, 1.807) is 6.92 Å². The van der Waals surface area contributed by atoms with Crippen LogP contribution in [0.4, 0.5) is 15.8 Å². The zero-order valence-electron chi connectivity index (χ0n) is 11.3. The summed E-state index contributed by atoms with van der Waals surface area (Å²) < 4.78 is 18.8. The molecule has 1 saturated heterocycles. The minimum atomic E-state index is -0.893. The Bertz CT molecular complexity index is 581. The van der Waals surface area contributed by atoms with E-state index in [4.69, 9.17) is 10.6 Å². The van der Waals surface area contributed by atoms with Crippen molar-refractivity contribution in [1.29, 1.82) is 0 Å². The molecule has 1 aromatic carbocycles. The highest BCUT2D eigenvalue weighted by Crippen LogP contribution is 2.27. The van der Waals surface area contributed by atoms with Gasteiger partial charge < -0.3 is 15.1 Å². The summed E-state index contributed by atoms with van der Waals surface area (Å²) in [5.74, 6) is 3.71. The number of nitrogens with one attached hydrogen (secondary N) is 1. The number of morpholine rings is 1. The third kappa shape index (κ3) is 2.93. The van der Waals surface area contributed by atoms with Gasteiger partial charge in [0.2, 0.25) is 0 Å². The normalized spacial score (nSPS) is 18.4. The van der Waals surface area contributed by atoms with Crippen LogP contribution >= 0.6 is 0 Å². The summed E-state index contributed by atoms with van der Waals surface area (Å²) in [6, 6.07) is 1.52. The molecule has 2 rings (SSSR count). The highest BCUT2D eigenvalue weighted by Gasteiger charge is 2.31. The van der Waals surface area contributed by atoms with Crippen LogP contribution in [-0.2, 0) is 4.74 Å². The molecule has 1 atom stereocenters. The second-order valence-electron chi connectivity index (χ2n) is 4.67. The van der Waals surface area contributed by atoms with E-state index in [0.29, 0.717) is 25.8 Å². The maximum Gasteiger partial charge on any atom is 0.285 e. The van der Waals surface area contributed by atoms with Crippen molar-refractivity contribution in [1.82, 2.24) is 4.90 Å². The Morgan fingerprint density at radius 1 is 1.62 bits per heavy atom. The molecule has 21 heavy (non-hydrogen) atoms. The van der Waals surface area contributed by atoms with Gasteiger partial charge >= 0.3 is 0 Å². The van der Waals surface area contributed by atoms with E-state index in [-0.39, 0.29) is 17.3 Å². The summed E-state index contributed by atoms with van der Waals surface area (Å²) in [6.45, 7) is 2.80. The number of nitro groups is 1. The number of halogens is 1. The lowest BCUT2D eigenvalue weighted by atomic mass is 10.1. The van der Waals surface area contributed by atoms with E-state index in [0.717, 1.165) is 6.07 Å². The zero-order valence-corrected chi connectivity index (χ0v) is 11.3. The first-order valence-electron chi connectivity index (χ1n) is 6.29. The Labute approximate surface area is 119 Å². The van der Waals surface area contributed by atoms with Gasteiger partial charge in [-0.1, -0.05) is 0 Å². The number of nitrogens with two attached hydrogens (primary N) is 1. The summed E-state index contributed by atoms with van der Waals surface area (Å²) in [5, 5.41) is 11.0. The molecule has 3 N–H and O–H groups in total. The number of anilines is 1. The lowest BCUT2D eigenvalue weighted by Gasteiger charge is -2.33. The van der Waals surface area contributed by atoms with E-state index < -0.39 is 22.3 Å². The second kappa shape index (κ2) is 6.02. The van der Waals surface area contributed by atoms with E-state index in [9.17, 15) is 19.3 Å². The summed E-state index contributed by atoms with van der Waals surface area (Å²) in [6.07, 6.45) is 0. The zero-order chi connectivity index (χ0) is 15.6. The molecular formula is C12H15FN4O4. The monoisotopic (exact) mass is 298 g/mol. The van der Waals surface area contributed by atoms with Gasteiger partial charge in [-0.25, -0.2) is 4.39 Å². The molecule has 114 valence electrons. The van der Waals surface area contributed by atoms with Gasteiger partial charge in [-0.05, 0) is 13.0 Å². The quantitative estimate of drug-likeness (QED) is 0.487. The number of nitrogens with zero attached hydrogens (tertiary/aromatic N) is 2. The number of hydrazine groups is 1. The van der Waals surface area contributed by atoms with Crippen LogP contribution in [0.3, 0.4) is 0 Å². The standard InChI is InChI=1S/C12H15FN4O4/c1-7-6-21-3-2-16(7)12(18)8-4-10(15-14)9(13)5-11(8)17(19)20/h4-5,7,15H,2-3,6,14H2,1H3. The maximum absolute atomic E-state index is 13.6. The van der Waals surface area contributed by atoms with E-state index in [2.05, 4.69) is 5.43 Å². The van der Waals surface area contributed by atoms with Crippen LogP contribution in [0.25, 0.3) is 0 Å². The molecule has 8 nitrogen and oxygen atoms in total. The van der Waals surface area contributed by atoms with Crippen molar-refractivity contribution in [3.8, 4) is 0 Å². The predicted molar refractivity (Wildman–Crippen MR) is 72.2 cm³/mol. The Morgan fingerprint density at radius 3 is 2.90 bits per heavy atom. The molecule has 0 aliphatic carbocycles. The number of nitrogen functional groups attached to an aromatic ring is 1. The molecule has 1 heterocycles. The van der Waals surface area contributed by atoms with Crippen LogP contribution in [0, 0.1) is 15.9 Å². The molecule has 0 bridgehead atoms. The molecule has 1 unspecified atom stereocenters. The largest absolute Gasteiger partial charge is 0.377 e. The third-order valence-corrected chi connectivity index (χ3v) is 3.30. The number of carbonyl (C=O) groups is 1. The van der Waals surface area contributed by atoms with Crippen LogP contribution in [0.15, 0.2) is 12.1 Å². The first-order chi connectivity index (χ1) is 9.95. The lowest BCUT2D eigenvalue weighted by molar-refractivity contribution is -0.385. The summed E-state index contributed by atoms with van der Waals surface area (Å²) in [5.41, 5.74) is 1.11. The number of benzene rings is 1. The molecule has 1 aliphatic rings. The first-order valence-corrected chi connectivity index (χ1v) is 6.29. The Balaban J connectivity index is 2.45.